The summed E-state index contributed by atoms with van der Waals surface area (Å²) in [6.45, 7) is 0.347. The summed E-state index contributed by atoms with van der Waals surface area (Å²) in [4.78, 5) is 20.6. The molecule has 4 rings (SSSR count). The Morgan fingerprint density at radius 3 is 2.81 bits per heavy atom. The van der Waals surface area contributed by atoms with E-state index in [0.29, 0.717) is 11.6 Å². The average Bonchev–Trinajstić information content (AvgIpc) is 3.20. The van der Waals surface area contributed by atoms with Gasteiger partial charge in [0.15, 0.2) is 5.54 Å². The predicted octanol–water partition coefficient (Wildman–Crippen LogP) is 2.04. The molecule has 10 heteroatoms. The minimum Gasteiger partial charge on any atom is -0.354 e. The van der Waals surface area contributed by atoms with Gasteiger partial charge in [-0.1, -0.05) is 17.7 Å². The third kappa shape index (κ3) is 2.86. The van der Waals surface area contributed by atoms with Gasteiger partial charge in [-0.05, 0) is 30.0 Å². The maximum Gasteiger partial charge on any atom is 0.251 e. The summed E-state index contributed by atoms with van der Waals surface area (Å²) in [5.41, 5.74) is -1.20. The predicted molar refractivity (Wildman–Crippen MR) is 98.5 cm³/mol. The molecule has 1 aliphatic rings. The highest BCUT2D eigenvalue weighted by Crippen LogP contribution is 2.34. The van der Waals surface area contributed by atoms with Crippen LogP contribution < -0.4 is 10.0 Å². The Bertz CT molecular complexity index is 1100. The topological polar surface area (TPSA) is 101 Å². The van der Waals surface area contributed by atoms with E-state index in [1.807, 2.05) is 0 Å². The van der Waals surface area contributed by atoms with Gasteiger partial charge in [0.2, 0.25) is 5.91 Å². The zero-order valence-electron chi connectivity index (χ0n) is 13.3. The van der Waals surface area contributed by atoms with Crippen molar-refractivity contribution in [2.24, 2.45) is 0 Å². The lowest BCUT2D eigenvalue weighted by Crippen LogP contribution is -2.51. The van der Waals surface area contributed by atoms with Gasteiger partial charge in [-0.25, -0.2) is 8.42 Å². The Morgan fingerprint density at radius 1 is 1.27 bits per heavy atom. The minimum absolute atomic E-state index is 0.109. The molecule has 3 heterocycles. The first-order valence-corrected chi connectivity index (χ1v) is 10.4. The van der Waals surface area contributed by atoms with Crippen molar-refractivity contribution in [1.29, 1.82) is 0 Å². The van der Waals surface area contributed by atoms with Gasteiger partial charge in [-0.2, -0.15) is 4.72 Å². The lowest BCUT2D eigenvalue weighted by atomic mass is 9.95. The van der Waals surface area contributed by atoms with E-state index >= 15 is 0 Å². The summed E-state index contributed by atoms with van der Waals surface area (Å²) in [7, 11) is -3.96. The summed E-state index contributed by atoms with van der Waals surface area (Å²) in [5.74, 6) is -0.439. The van der Waals surface area contributed by atoms with E-state index in [2.05, 4.69) is 20.0 Å². The average molecular weight is 409 g/mol. The maximum atomic E-state index is 13.0. The van der Waals surface area contributed by atoms with Crippen molar-refractivity contribution in [2.75, 3.05) is 6.54 Å². The second-order valence-corrected chi connectivity index (χ2v) is 9.28. The molecular formula is C16H13ClN4O3S2. The number of hydrogen-bond acceptors (Lipinski definition) is 6. The van der Waals surface area contributed by atoms with Crippen molar-refractivity contribution in [2.45, 2.75) is 16.2 Å². The zero-order chi connectivity index (χ0) is 18.4. The first-order chi connectivity index (χ1) is 12.4. The number of nitrogens with one attached hydrogen (secondary N) is 2. The number of fused-ring (bicyclic) bond motifs is 1. The molecule has 2 aromatic heterocycles. The fourth-order valence-corrected chi connectivity index (χ4v) is 5.98. The zero-order valence-corrected chi connectivity index (χ0v) is 15.7. The number of thiophene rings is 1. The standard InChI is InChI=1S/C16H13ClN4O3S2/c17-11-2-1-10-7-14(25-12(10)8-11)26(23,24)21-16(3-4-20-15(16)22)13-9-18-5-6-19-13/h1-2,5-9,21H,3-4H2,(H,20,22)/t16-/m0/s1. The quantitative estimate of drug-likeness (QED) is 0.687. The lowest BCUT2D eigenvalue weighted by Gasteiger charge is -2.25. The van der Waals surface area contributed by atoms with Crippen molar-refractivity contribution < 1.29 is 13.2 Å². The van der Waals surface area contributed by atoms with Crippen molar-refractivity contribution >= 4 is 49.0 Å². The van der Waals surface area contributed by atoms with E-state index < -0.39 is 21.5 Å². The van der Waals surface area contributed by atoms with Gasteiger partial charge in [-0.3, -0.25) is 14.8 Å². The van der Waals surface area contributed by atoms with E-state index in [4.69, 9.17) is 11.6 Å². The molecule has 0 aliphatic carbocycles. The molecule has 26 heavy (non-hydrogen) atoms. The number of carbonyl (C=O) groups is 1. The van der Waals surface area contributed by atoms with Crippen LogP contribution in [0.2, 0.25) is 5.02 Å². The van der Waals surface area contributed by atoms with Crippen LogP contribution in [0.4, 0.5) is 0 Å². The highest BCUT2D eigenvalue weighted by Gasteiger charge is 2.48. The van der Waals surface area contributed by atoms with Gasteiger partial charge in [0.05, 0.1) is 11.9 Å². The van der Waals surface area contributed by atoms with E-state index in [1.165, 1.54) is 18.6 Å². The Balaban J connectivity index is 1.78. The highest BCUT2D eigenvalue weighted by molar-refractivity contribution is 7.91. The molecule has 0 saturated carbocycles. The maximum absolute atomic E-state index is 13.0. The van der Waals surface area contributed by atoms with Crippen LogP contribution in [-0.2, 0) is 20.4 Å². The number of sulfonamides is 1. The summed E-state index contributed by atoms with van der Waals surface area (Å²) < 4.78 is 29.4. The van der Waals surface area contributed by atoms with E-state index in [9.17, 15) is 13.2 Å². The minimum atomic E-state index is -3.96. The fourth-order valence-electron chi connectivity index (χ4n) is 2.93. The molecule has 0 radical (unpaired) electrons. The van der Waals surface area contributed by atoms with Crippen LogP contribution in [0, 0.1) is 0 Å². The summed E-state index contributed by atoms with van der Waals surface area (Å²) in [6, 6.07) is 6.73. The van der Waals surface area contributed by atoms with E-state index in [0.717, 1.165) is 21.4 Å². The van der Waals surface area contributed by atoms with E-state index in [1.54, 1.807) is 24.3 Å². The summed E-state index contributed by atoms with van der Waals surface area (Å²) >= 11 is 7.07. The second kappa shape index (κ2) is 6.27. The lowest BCUT2D eigenvalue weighted by molar-refractivity contribution is -0.124. The number of halogens is 1. The van der Waals surface area contributed by atoms with Crippen LogP contribution in [0.15, 0.2) is 47.1 Å². The summed E-state index contributed by atoms with van der Waals surface area (Å²) in [5, 5.41) is 3.97. The fraction of sp³-hybridized carbons (Fsp3) is 0.188. The van der Waals surface area contributed by atoms with Crippen LogP contribution in [0.25, 0.3) is 10.1 Å². The van der Waals surface area contributed by atoms with E-state index in [-0.39, 0.29) is 16.3 Å². The molecule has 0 spiro atoms. The molecular weight excluding hydrogens is 396 g/mol. The van der Waals surface area contributed by atoms with Crippen molar-refractivity contribution in [3.8, 4) is 0 Å². The molecule has 3 aromatic rings. The molecule has 0 bridgehead atoms. The smallest absolute Gasteiger partial charge is 0.251 e. The van der Waals surface area contributed by atoms with Gasteiger partial charge in [0.1, 0.15) is 4.21 Å². The van der Waals surface area contributed by atoms with Crippen LogP contribution in [0.3, 0.4) is 0 Å². The van der Waals surface area contributed by atoms with Crippen molar-refractivity contribution in [3.63, 3.8) is 0 Å². The Kier molecular flexibility index (Phi) is 4.19. The van der Waals surface area contributed by atoms with Crippen molar-refractivity contribution in [3.05, 3.63) is 53.6 Å². The van der Waals surface area contributed by atoms with Gasteiger partial charge in [0, 0.05) is 28.7 Å². The molecule has 134 valence electrons. The number of carbonyl (C=O) groups excluding carboxylic acids is 1. The van der Waals surface area contributed by atoms with Gasteiger partial charge in [0.25, 0.3) is 10.0 Å². The van der Waals surface area contributed by atoms with Crippen LogP contribution >= 0.6 is 22.9 Å². The molecule has 1 atom stereocenters. The number of hydrogen-bond donors (Lipinski definition) is 2. The number of aromatic nitrogens is 2. The molecule has 1 fully saturated rings. The summed E-state index contributed by atoms with van der Waals surface area (Å²) in [6.07, 6.45) is 4.55. The number of rotatable bonds is 4. The first-order valence-electron chi connectivity index (χ1n) is 7.69. The van der Waals surface area contributed by atoms with Gasteiger partial charge in [-0.15, -0.1) is 11.3 Å². The third-order valence-corrected chi connectivity index (χ3v) is 7.51. The molecule has 1 saturated heterocycles. The first kappa shape index (κ1) is 17.3. The monoisotopic (exact) mass is 408 g/mol. The Hall–Kier alpha value is -2.07. The molecule has 0 unspecified atom stereocenters. The number of benzene rings is 1. The van der Waals surface area contributed by atoms with Gasteiger partial charge >= 0.3 is 0 Å². The van der Waals surface area contributed by atoms with Gasteiger partial charge < -0.3 is 5.32 Å². The third-order valence-electron chi connectivity index (χ3n) is 4.21. The normalized spacial score (nSPS) is 20.4. The molecule has 1 aromatic carbocycles. The van der Waals surface area contributed by atoms with Crippen molar-refractivity contribution in [1.82, 2.24) is 20.0 Å². The SMILES string of the molecule is O=C1NCC[C@]1(NS(=O)(=O)c1cc2ccc(Cl)cc2s1)c1cnccn1. The highest BCUT2D eigenvalue weighted by atomic mass is 35.5. The second-order valence-electron chi connectivity index (χ2n) is 5.85. The van der Waals surface area contributed by atoms with Crippen LogP contribution in [0.1, 0.15) is 12.1 Å². The van der Waals surface area contributed by atoms with Crippen LogP contribution in [0.5, 0.6) is 0 Å². The molecule has 2 N–H and O–H groups in total. The molecule has 1 amide bonds. The number of amides is 1. The largest absolute Gasteiger partial charge is 0.354 e. The molecule has 1 aliphatic heterocycles. The number of nitrogens with zero attached hydrogens (tertiary/aromatic N) is 2. The van der Waals surface area contributed by atoms with Crippen LogP contribution in [-0.4, -0.2) is 30.8 Å². The molecule has 7 nitrogen and oxygen atoms in total. The Morgan fingerprint density at radius 2 is 2.12 bits per heavy atom. The Labute approximate surface area is 158 Å².